The monoisotopic (exact) mass is 846 g/mol. The zero-order chi connectivity index (χ0) is 42.3. The second kappa shape index (κ2) is 19.4. The van der Waals surface area contributed by atoms with Gasteiger partial charge in [0.25, 0.3) is 5.91 Å². The smallest absolute Gasteiger partial charge is 0.416 e. The predicted molar refractivity (Wildman–Crippen MR) is 217 cm³/mol. The number of alkyl halides is 6. The molecule has 0 aromatic heterocycles. The van der Waals surface area contributed by atoms with Gasteiger partial charge in [0.2, 0.25) is 0 Å². The molecule has 0 saturated carbocycles. The molecular formula is C46H41ClF6N4O3. The fourth-order valence-electron chi connectivity index (χ4n) is 7.95. The summed E-state index contributed by atoms with van der Waals surface area (Å²) < 4.78 is 76.9. The van der Waals surface area contributed by atoms with E-state index in [2.05, 4.69) is 11.4 Å². The predicted octanol–water partition coefficient (Wildman–Crippen LogP) is 10.4. The lowest BCUT2D eigenvalue weighted by molar-refractivity contribution is -0.138. The number of benzene rings is 4. The van der Waals surface area contributed by atoms with Crippen molar-refractivity contribution >= 4 is 36.4 Å². The SMILES string of the molecule is Cl.FC(F)(F)c1ccc2c(c1)C=C(C1CCNCC1)C2.N#Cc1ccccc1C(=O)N1CCC(C2=Cc3cc(C(F)(F)F)ccc3C2)CC1.N#Cc1ccccc1C(=O)O. The molecule has 2 N–H and O–H groups in total. The number of carboxylic acid groups (broad SMARTS) is 1. The first-order chi connectivity index (χ1) is 28.2. The number of hydrogen-bond donors (Lipinski definition) is 2. The van der Waals surface area contributed by atoms with E-state index in [0.29, 0.717) is 42.1 Å². The average Bonchev–Trinajstić information content (AvgIpc) is 3.88. The number of nitriles is 2. The van der Waals surface area contributed by atoms with E-state index >= 15 is 0 Å². The first kappa shape index (κ1) is 45.2. The van der Waals surface area contributed by atoms with E-state index in [1.165, 1.54) is 35.9 Å². The summed E-state index contributed by atoms with van der Waals surface area (Å²) in [5, 5.41) is 29.5. The standard InChI is InChI=1S/C23H19F3N2O.C15H16F3N.C8H5NO2.ClH/c24-23(25,26)20-6-5-16-11-18(12-19(16)13-20)15-7-9-28(10-8-15)22(29)21-4-2-1-3-17(21)14-27;16-15(17,18)14-2-1-11-7-12(8-13(11)9-14)10-3-5-19-6-4-10;9-5-6-3-1-2-4-7(6)8(10)11;/h1-6,12-13,15H,7-11H2;1-2,8-10,19H,3-7H2;1-4H,(H,10,11);1H. The summed E-state index contributed by atoms with van der Waals surface area (Å²) in [6, 6.07) is 24.8. The average molecular weight is 847 g/mol. The van der Waals surface area contributed by atoms with E-state index in [-0.39, 0.29) is 35.4 Å². The fraction of sp³-hybridized carbons (Fsp3) is 0.304. The summed E-state index contributed by atoms with van der Waals surface area (Å²) >= 11 is 0. The topological polar surface area (TPSA) is 117 Å². The van der Waals surface area contributed by atoms with Crippen LogP contribution >= 0.6 is 12.4 Å². The maximum atomic E-state index is 12.9. The second-order valence-electron chi connectivity index (χ2n) is 14.8. The Hall–Kier alpha value is -5.89. The Morgan fingerprint density at radius 2 is 1.08 bits per heavy atom. The molecule has 2 saturated heterocycles. The third-order valence-electron chi connectivity index (χ3n) is 11.1. The van der Waals surface area contributed by atoms with Gasteiger partial charge in [0.05, 0.1) is 39.4 Å². The van der Waals surface area contributed by atoms with E-state index in [1.807, 2.05) is 12.2 Å². The van der Waals surface area contributed by atoms with Crippen molar-refractivity contribution in [3.63, 3.8) is 0 Å². The Labute approximate surface area is 350 Å². The van der Waals surface area contributed by atoms with Crippen LogP contribution in [0.25, 0.3) is 12.2 Å². The van der Waals surface area contributed by atoms with Crippen molar-refractivity contribution in [3.8, 4) is 12.1 Å². The van der Waals surface area contributed by atoms with Crippen molar-refractivity contribution in [2.24, 2.45) is 11.8 Å². The first-order valence-corrected chi connectivity index (χ1v) is 19.2. The summed E-state index contributed by atoms with van der Waals surface area (Å²) in [5.41, 5.74) is 5.67. The first-order valence-electron chi connectivity index (χ1n) is 19.2. The molecule has 0 unspecified atom stereocenters. The number of halogens is 7. The number of nitrogens with zero attached hydrogens (tertiary/aromatic N) is 3. The van der Waals surface area contributed by atoms with Gasteiger partial charge in [0.15, 0.2) is 0 Å². The minimum atomic E-state index is -4.34. The molecule has 14 heteroatoms. The Kier molecular flexibility index (Phi) is 14.7. The van der Waals surface area contributed by atoms with Gasteiger partial charge in [-0.15, -0.1) is 12.4 Å². The number of rotatable bonds is 4. The number of carboxylic acids is 1. The molecule has 0 spiro atoms. The van der Waals surface area contributed by atoms with Gasteiger partial charge in [-0.2, -0.15) is 36.9 Å². The molecule has 312 valence electrons. The summed E-state index contributed by atoms with van der Waals surface area (Å²) in [6.45, 7) is 3.16. The highest BCUT2D eigenvalue weighted by molar-refractivity contribution is 5.96. The number of carbonyl (C=O) groups excluding carboxylic acids is 1. The summed E-state index contributed by atoms with van der Waals surface area (Å²) in [5.74, 6) is -0.420. The van der Waals surface area contributed by atoms with Crippen molar-refractivity contribution in [1.29, 1.82) is 10.5 Å². The number of piperidine rings is 2. The Morgan fingerprint density at radius 3 is 1.52 bits per heavy atom. The highest BCUT2D eigenvalue weighted by Crippen LogP contribution is 2.39. The Bertz CT molecular complexity index is 2360. The molecule has 8 rings (SSSR count). The molecule has 2 heterocycles. The van der Waals surface area contributed by atoms with Crippen molar-refractivity contribution in [1.82, 2.24) is 10.2 Å². The lowest BCUT2D eigenvalue weighted by atomic mass is 9.87. The van der Waals surface area contributed by atoms with E-state index in [0.717, 1.165) is 73.5 Å². The van der Waals surface area contributed by atoms with Gasteiger partial charge in [-0.3, -0.25) is 4.79 Å². The number of allylic oxidation sites excluding steroid dienone is 2. The summed E-state index contributed by atoms with van der Waals surface area (Å²) in [4.78, 5) is 25.0. The molecule has 2 fully saturated rings. The number of amides is 1. The zero-order valence-electron chi connectivity index (χ0n) is 32.2. The molecule has 4 aromatic rings. The summed E-state index contributed by atoms with van der Waals surface area (Å²) in [6.07, 6.45) is 0.480. The van der Waals surface area contributed by atoms with Crippen LogP contribution in [-0.2, 0) is 25.2 Å². The number of aromatic carboxylic acids is 1. The van der Waals surface area contributed by atoms with Crippen LogP contribution in [0.2, 0.25) is 0 Å². The van der Waals surface area contributed by atoms with Gasteiger partial charge in [0, 0.05) is 13.1 Å². The quantitative estimate of drug-likeness (QED) is 0.198. The van der Waals surface area contributed by atoms with Crippen molar-refractivity contribution in [2.45, 2.75) is 50.9 Å². The summed E-state index contributed by atoms with van der Waals surface area (Å²) in [7, 11) is 0. The molecule has 2 aliphatic heterocycles. The van der Waals surface area contributed by atoms with Crippen LogP contribution in [0.4, 0.5) is 26.3 Å². The molecule has 0 bridgehead atoms. The van der Waals surface area contributed by atoms with Crippen LogP contribution in [0.15, 0.2) is 96.1 Å². The molecule has 4 aliphatic rings. The van der Waals surface area contributed by atoms with E-state index in [4.69, 9.17) is 10.4 Å². The van der Waals surface area contributed by atoms with Gasteiger partial charge in [-0.05, 0) is 134 Å². The maximum absolute atomic E-state index is 12.9. The largest absolute Gasteiger partial charge is 0.478 e. The van der Waals surface area contributed by atoms with Crippen LogP contribution in [0, 0.1) is 34.5 Å². The van der Waals surface area contributed by atoms with Crippen LogP contribution in [0.5, 0.6) is 0 Å². The lowest BCUT2D eigenvalue weighted by Crippen LogP contribution is -2.39. The molecule has 1 amide bonds. The van der Waals surface area contributed by atoms with Crippen LogP contribution < -0.4 is 5.32 Å². The van der Waals surface area contributed by atoms with Gasteiger partial charge in [0.1, 0.15) is 6.07 Å². The highest BCUT2D eigenvalue weighted by Gasteiger charge is 2.34. The molecule has 60 heavy (non-hydrogen) atoms. The molecule has 0 radical (unpaired) electrons. The van der Waals surface area contributed by atoms with Gasteiger partial charge < -0.3 is 15.3 Å². The number of nitrogens with one attached hydrogen (secondary N) is 1. The van der Waals surface area contributed by atoms with Crippen LogP contribution in [0.3, 0.4) is 0 Å². The molecular weight excluding hydrogens is 806 g/mol. The third-order valence-corrected chi connectivity index (χ3v) is 11.1. The highest BCUT2D eigenvalue weighted by atomic mass is 35.5. The third kappa shape index (κ3) is 10.8. The van der Waals surface area contributed by atoms with Crippen molar-refractivity contribution in [3.05, 3.63) is 152 Å². The minimum absolute atomic E-state index is 0. The molecule has 7 nitrogen and oxygen atoms in total. The number of likely N-dealkylation sites (tertiary alicyclic amines) is 1. The number of carbonyl (C=O) groups is 2. The maximum Gasteiger partial charge on any atom is 0.416 e. The fourth-order valence-corrected chi connectivity index (χ4v) is 7.95. The van der Waals surface area contributed by atoms with E-state index in [1.54, 1.807) is 59.5 Å². The van der Waals surface area contributed by atoms with Gasteiger partial charge in [-0.25, -0.2) is 4.79 Å². The minimum Gasteiger partial charge on any atom is -0.478 e. The number of fused-ring (bicyclic) bond motifs is 2. The molecule has 4 aromatic carbocycles. The Balaban J connectivity index is 0.000000189. The molecule has 2 aliphatic carbocycles. The van der Waals surface area contributed by atoms with Gasteiger partial charge >= 0.3 is 18.3 Å². The molecule has 0 atom stereocenters. The van der Waals surface area contributed by atoms with E-state index < -0.39 is 29.4 Å². The van der Waals surface area contributed by atoms with E-state index in [9.17, 15) is 41.2 Å². The zero-order valence-corrected chi connectivity index (χ0v) is 33.1. The van der Waals surface area contributed by atoms with Crippen LogP contribution in [0.1, 0.15) is 90.9 Å². The lowest BCUT2D eigenvalue weighted by Gasteiger charge is -2.33. The van der Waals surface area contributed by atoms with Crippen molar-refractivity contribution < 1.29 is 41.0 Å². The Morgan fingerprint density at radius 1 is 0.650 bits per heavy atom. The van der Waals surface area contributed by atoms with Crippen molar-refractivity contribution in [2.75, 3.05) is 26.2 Å². The normalized spacial score (nSPS) is 16.2. The van der Waals surface area contributed by atoms with Crippen LogP contribution in [-0.4, -0.2) is 48.1 Å². The second-order valence-corrected chi connectivity index (χ2v) is 14.8. The van der Waals surface area contributed by atoms with Gasteiger partial charge in [-0.1, -0.05) is 59.7 Å². The number of hydrogen-bond acceptors (Lipinski definition) is 5.